The van der Waals surface area contributed by atoms with Gasteiger partial charge in [-0.3, -0.25) is 0 Å². The van der Waals surface area contributed by atoms with Crippen molar-refractivity contribution in [2.45, 2.75) is 4.90 Å². The molecule has 0 radical (unpaired) electrons. The van der Waals surface area contributed by atoms with Crippen molar-refractivity contribution in [2.24, 2.45) is 0 Å². The first-order valence-electron chi connectivity index (χ1n) is 6.58. The van der Waals surface area contributed by atoms with Gasteiger partial charge in [-0.25, -0.2) is 13.5 Å². The van der Waals surface area contributed by atoms with Gasteiger partial charge in [-0.05, 0) is 39.8 Å². The van der Waals surface area contributed by atoms with E-state index in [0.717, 1.165) is 11.8 Å². The molecule has 0 aliphatic heterocycles. The molecular weight excluding hydrogens is 314 g/mol. The van der Waals surface area contributed by atoms with Crippen LogP contribution in [0.2, 0.25) is 0 Å². The van der Waals surface area contributed by atoms with Crippen molar-refractivity contribution in [3.8, 4) is 28.6 Å². The van der Waals surface area contributed by atoms with Crippen LogP contribution in [-0.4, -0.2) is 35.3 Å². The molecule has 3 rings (SSSR count). The van der Waals surface area contributed by atoms with Crippen molar-refractivity contribution >= 4 is 9.84 Å². The summed E-state index contributed by atoms with van der Waals surface area (Å²) in [5, 5.41) is 22.4. The van der Waals surface area contributed by atoms with Crippen LogP contribution in [-0.2, 0) is 9.84 Å². The summed E-state index contributed by atoms with van der Waals surface area (Å²) in [6.45, 7) is 0. The van der Waals surface area contributed by atoms with Crippen molar-refractivity contribution < 1.29 is 8.42 Å². The normalized spacial score (nSPS) is 11.1. The number of sulfone groups is 1. The molecule has 1 aromatic heterocycles. The molecule has 114 valence electrons. The van der Waals surface area contributed by atoms with Crippen molar-refractivity contribution in [3.05, 3.63) is 48.0 Å². The van der Waals surface area contributed by atoms with E-state index in [0.29, 0.717) is 16.7 Å². The quantitative estimate of drug-likeness (QED) is 0.786. The van der Waals surface area contributed by atoms with Gasteiger partial charge < -0.3 is 0 Å². The van der Waals surface area contributed by atoms with Gasteiger partial charge in [-0.2, -0.15) is 5.26 Å². The van der Waals surface area contributed by atoms with E-state index in [-0.39, 0.29) is 10.7 Å². The Morgan fingerprint density at radius 2 is 1.87 bits per heavy atom. The SMILES string of the molecule is CS(=O)(=O)c1cccc(-c2ccc(C#N)cc2)c1-c1nnn[nH]1. The molecule has 0 bridgehead atoms. The monoisotopic (exact) mass is 325 g/mol. The molecule has 1 heterocycles. The minimum Gasteiger partial charge on any atom is -0.239 e. The molecule has 0 atom stereocenters. The van der Waals surface area contributed by atoms with Crippen LogP contribution < -0.4 is 0 Å². The average molecular weight is 325 g/mol. The van der Waals surface area contributed by atoms with Crippen molar-refractivity contribution in [3.63, 3.8) is 0 Å². The highest BCUT2D eigenvalue weighted by Gasteiger charge is 2.21. The topological polar surface area (TPSA) is 112 Å². The molecule has 0 unspecified atom stereocenters. The molecule has 23 heavy (non-hydrogen) atoms. The second kappa shape index (κ2) is 5.62. The lowest BCUT2D eigenvalue weighted by atomic mass is 9.98. The number of nitriles is 1. The lowest BCUT2D eigenvalue weighted by Crippen LogP contribution is -2.02. The van der Waals surface area contributed by atoms with Gasteiger partial charge in [0.2, 0.25) is 0 Å². The fourth-order valence-electron chi connectivity index (χ4n) is 2.31. The van der Waals surface area contributed by atoms with Gasteiger partial charge in [0.15, 0.2) is 15.7 Å². The molecule has 1 N–H and O–H groups in total. The molecule has 0 amide bonds. The van der Waals surface area contributed by atoms with Crippen LogP contribution in [0.15, 0.2) is 47.4 Å². The van der Waals surface area contributed by atoms with Gasteiger partial charge in [0.25, 0.3) is 0 Å². The minimum atomic E-state index is -3.47. The summed E-state index contributed by atoms with van der Waals surface area (Å²) in [7, 11) is -3.47. The lowest BCUT2D eigenvalue weighted by molar-refractivity contribution is 0.602. The highest BCUT2D eigenvalue weighted by molar-refractivity contribution is 7.90. The number of benzene rings is 2. The van der Waals surface area contributed by atoms with Gasteiger partial charge in [-0.1, -0.05) is 24.3 Å². The number of tetrazole rings is 1. The predicted octanol–water partition coefficient (Wildman–Crippen LogP) is 1.81. The summed E-state index contributed by atoms with van der Waals surface area (Å²) in [5.41, 5.74) is 2.36. The molecule has 0 aliphatic rings. The zero-order valence-corrected chi connectivity index (χ0v) is 12.9. The van der Waals surface area contributed by atoms with Crippen LogP contribution in [0.5, 0.6) is 0 Å². The molecule has 0 fully saturated rings. The maximum Gasteiger partial charge on any atom is 0.181 e. The van der Waals surface area contributed by atoms with Crippen LogP contribution in [0.1, 0.15) is 5.56 Å². The number of aromatic amines is 1. The number of rotatable bonds is 3. The molecule has 0 spiro atoms. The number of H-pyrrole nitrogens is 1. The Labute approximate surface area is 132 Å². The number of hydrogen-bond acceptors (Lipinski definition) is 6. The number of nitrogens with zero attached hydrogens (tertiary/aromatic N) is 4. The average Bonchev–Trinajstić information content (AvgIpc) is 3.07. The molecule has 8 heteroatoms. The van der Waals surface area contributed by atoms with E-state index in [1.165, 1.54) is 6.07 Å². The van der Waals surface area contributed by atoms with E-state index < -0.39 is 9.84 Å². The van der Waals surface area contributed by atoms with Crippen molar-refractivity contribution in [2.75, 3.05) is 6.26 Å². The number of hydrogen-bond donors (Lipinski definition) is 1. The Kier molecular flexibility index (Phi) is 3.64. The van der Waals surface area contributed by atoms with E-state index >= 15 is 0 Å². The third-order valence-electron chi connectivity index (χ3n) is 3.33. The second-order valence-electron chi connectivity index (χ2n) is 4.89. The highest BCUT2D eigenvalue weighted by atomic mass is 32.2. The Hall–Kier alpha value is -3.05. The summed E-state index contributed by atoms with van der Waals surface area (Å²) in [4.78, 5) is 0.137. The van der Waals surface area contributed by atoms with Crippen LogP contribution in [0.4, 0.5) is 0 Å². The number of nitrogens with one attached hydrogen (secondary N) is 1. The smallest absolute Gasteiger partial charge is 0.181 e. The Balaban J connectivity index is 2.31. The van der Waals surface area contributed by atoms with Gasteiger partial charge in [0.1, 0.15) is 0 Å². The standard InChI is InChI=1S/C15H11N5O2S/c1-23(21,22)13-4-2-3-12(14(13)15-17-19-20-18-15)11-7-5-10(9-16)6-8-11/h2-8H,1H3,(H,17,18,19,20). The van der Waals surface area contributed by atoms with E-state index in [9.17, 15) is 8.42 Å². The second-order valence-corrected chi connectivity index (χ2v) is 6.87. The van der Waals surface area contributed by atoms with Crippen LogP contribution in [0.25, 0.3) is 22.5 Å². The molecule has 2 aromatic carbocycles. The van der Waals surface area contributed by atoms with Crippen molar-refractivity contribution in [1.82, 2.24) is 20.6 Å². The zero-order chi connectivity index (χ0) is 16.4. The summed E-state index contributed by atoms with van der Waals surface area (Å²) in [6.07, 6.45) is 1.14. The molecule has 7 nitrogen and oxygen atoms in total. The summed E-state index contributed by atoms with van der Waals surface area (Å²) in [6, 6.07) is 13.9. The Morgan fingerprint density at radius 1 is 1.13 bits per heavy atom. The van der Waals surface area contributed by atoms with E-state index in [1.54, 1.807) is 36.4 Å². The van der Waals surface area contributed by atoms with Gasteiger partial charge in [0.05, 0.1) is 16.5 Å². The van der Waals surface area contributed by atoms with E-state index in [4.69, 9.17) is 5.26 Å². The first-order valence-corrected chi connectivity index (χ1v) is 8.47. The highest BCUT2D eigenvalue weighted by Crippen LogP contribution is 2.35. The first kappa shape index (κ1) is 14.9. The third-order valence-corrected chi connectivity index (χ3v) is 4.47. The van der Waals surface area contributed by atoms with E-state index in [2.05, 4.69) is 20.6 Å². The van der Waals surface area contributed by atoms with Crippen LogP contribution >= 0.6 is 0 Å². The fourth-order valence-corrected chi connectivity index (χ4v) is 3.22. The number of aromatic nitrogens is 4. The fraction of sp³-hybridized carbons (Fsp3) is 0.0667. The molecule has 3 aromatic rings. The van der Waals surface area contributed by atoms with Crippen LogP contribution in [0.3, 0.4) is 0 Å². The largest absolute Gasteiger partial charge is 0.239 e. The molecule has 0 saturated carbocycles. The summed E-state index contributed by atoms with van der Waals surface area (Å²) in [5.74, 6) is 0.269. The first-order chi connectivity index (χ1) is 11.0. The summed E-state index contributed by atoms with van der Waals surface area (Å²) >= 11 is 0. The third kappa shape index (κ3) is 2.82. The zero-order valence-electron chi connectivity index (χ0n) is 12.1. The van der Waals surface area contributed by atoms with Gasteiger partial charge >= 0.3 is 0 Å². The predicted molar refractivity (Wildman–Crippen MR) is 82.9 cm³/mol. The molecule has 0 saturated heterocycles. The maximum atomic E-state index is 12.1. The molecule has 0 aliphatic carbocycles. The molecular formula is C15H11N5O2S. The van der Waals surface area contributed by atoms with Gasteiger partial charge in [-0.15, -0.1) is 5.10 Å². The summed E-state index contributed by atoms with van der Waals surface area (Å²) < 4.78 is 24.2. The Morgan fingerprint density at radius 3 is 2.43 bits per heavy atom. The van der Waals surface area contributed by atoms with Gasteiger partial charge in [0, 0.05) is 11.8 Å². The lowest BCUT2D eigenvalue weighted by Gasteiger charge is -2.11. The minimum absolute atomic E-state index is 0.137. The maximum absolute atomic E-state index is 12.1. The van der Waals surface area contributed by atoms with Crippen molar-refractivity contribution in [1.29, 1.82) is 5.26 Å². The van der Waals surface area contributed by atoms with E-state index in [1.807, 2.05) is 6.07 Å². The van der Waals surface area contributed by atoms with Crippen LogP contribution in [0, 0.1) is 11.3 Å². The Bertz CT molecular complexity index is 987.